The van der Waals surface area contributed by atoms with Gasteiger partial charge in [-0.2, -0.15) is 0 Å². The summed E-state index contributed by atoms with van der Waals surface area (Å²) in [6, 6.07) is 0. The van der Waals surface area contributed by atoms with Crippen LogP contribution in [0.15, 0.2) is 0 Å². The Balaban J connectivity index is 0.00000144. The first-order valence-electron chi connectivity index (χ1n) is 4.09. The molecule has 1 atom stereocenters. The van der Waals surface area contributed by atoms with Crippen molar-refractivity contribution in [3.63, 3.8) is 0 Å². The van der Waals surface area contributed by atoms with Gasteiger partial charge in [-0.1, -0.05) is 0 Å². The van der Waals surface area contributed by atoms with Gasteiger partial charge in [0, 0.05) is 6.54 Å². The molecule has 7 heteroatoms. The van der Waals surface area contributed by atoms with Crippen molar-refractivity contribution in [3.8, 4) is 0 Å². The van der Waals surface area contributed by atoms with Crippen molar-refractivity contribution in [2.45, 2.75) is 18.9 Å². The molecule has 1 fully saturated rings. The van der Waals surface area contributed by atoms with Gasteiger partial charge in [0.2, 0.25) is 0 Å². The number of halogens is 3. The van der Waals surface area contributed by atoms with Crippen LogP contribution in [0.4, 0.5) is 12.9 Å². The van der Waals surface area contributed by atoms with Crippen molar-refractivity contribution in [1.29, 1.82) is 0 Å². The summed E-state index contributed by atoms with van der Waals surface area (Å²) in [7, 11) is 0. The number of β-amino-alcohol motifs (C(OH)–C–C–N with tert-alkyl or cyclic N) is 1. The van der Waals surface area contributed by atoms with Crippen molar-refractivity contribution in [1.82, 2.24) is 4.90 Å². The van der Waals surface area contributed by atoms with E-state index in [1.165, 1.54) is 4.90 Å². The number of hydrogen-bond acceptors (Lipinski definition) is 2. The van der Waals surface area contributed by atoms with E-state index in [1.54, 1.807) is 0 Å². The molecule has 1 N–H and O–H groups in total. The molecule has 0 aromatic carbocycles. The Morgan fingerprint density at radius 3 is 2.46 bits per heavy atom. The van der Waals surface area contributed by atoms with E-state index in [4.69, 9.17) is 5.11 Å². The van der Waals surface area contributed by atoms with Gasteiger partial charge in [0.15, 0.2) is 0 Å². The van der Waals surface area contributed by atoms with Crippen molar-refractivity contribution in [2.75, 3.05) is 19.5 Å². The van der Waals surface area contributed by atoms with Crippen LogP contribution in [0.25, 0.3) is 0 Å². The molecule has 1 rings (SSSR count). The summed E-state index contributed by atoms with van der Waals surface area (Å²) in [6.07, 6.45) is -0.122. The minimum atomic E-state index is -4.73. The van der Waals surface area contributed by atoms with E-state index in [0.29, 0.717) is 19.4 Å². The molecule has 0 aliphatic carbocycles. The first kappa shape index (κ1) is 14.4. The molecule has 0 aromatic heterocycles. The number of aliphatic hydroxyl groups excluding tert-OH is 1. The maximum atomic E-state index is 11.9. The Morgan fingerprint density at radius 2 is 2.00 bits per heavy atom. The number of likely N-dealkylation sites (tertiary alicyclic amines) is 1. The van der Waals surface area contributed by atoms with Crippen LogP contribution in [-0.2, 0) is 0 Å². The third-order valence-electron chi connectivity index (χ3n) is 1.95. The number of nitrogens with zero attached hydrogens (tertiary/aromatic N) is 1. The monoisotopic (exact) mass is 221 g/mol. The van der Waals surface area contributed by atoms with E-state index in [9.17, 15) is 12.9 Å². The maximum absolute atomic E-state index is 11.9. The van der Waals surface area contributed by atoms with E-state index >= 15 is 0 Å². The number of rotatable bonds is 2. The maximum Gasteiger partial charge on any atom is 1.00 e. The normalized spacial score (nSPS) is 25.4. The summed E-state index contributed by atoms with van der Waals surface area (Å²) >= 11 is 0. The second-order valence-corrected chi connectivity index (χ2v) is 3.27. The molecule has 0 aromatic rings. The minimum absolute atomic E-state index is 0. The van der Waals surface area contributed by atoms with Gasteiger partial charge in [-0.3, -0.25) is 0 Å². The predicted molar refractivity (Wildman–Crippen MR) is 40.8 cm³/mol. The average Bonchev–Trinajstić information content (AvgIpc) is 1.82. The third-order valence-corrected chi connectivity index (χ3v) is 1.95. The van der Waals surface area contributed by atoms with Crippen LogP contribution in [0.5, 0.6) is 0 Å². The molecular formula is C6H12BF3KNO. The van der Waals surface area contributed by atoms with Crippen LogP contribution in [0.2, 0.25) is 0 Å². The van der Waals surface area contributed by atoms with Crippen LogP contribution < -0.4 is 51.4 Å². The fourth-order valence-corrected chi connectivity index (χ4v) is 1.49. The Labute approximate surface area is 118 Å². The Hall–Kier alpha value is 1.41. The summed E-state index contributed by atoms with van der Waals surface area (Å²) < 4.78 is 35.7. The Kier molecular flexibility index (Phi) is 6.76. The third kappa shape index (κ3) is 6.48. The molecule has 0 saturated carbocycles. The van der Waals surface area contributed by atoms with E-state index in [0.717, 1.165) is 0 Å². The van der Waals surface area contributed by atoms with Gasteiger partial charge >= 0.3 is 58.4 Å². The zero-order chi connectivity index (χ0) is 9.19. The van der Waals surface area contributed by atoms with Gasteiger partial charge < -0.3 is 23.0 Å². The minimum Gasteiger partial charge on any atom is -0.448 e. The van der Waals surface area contributed by atoms with Crippen LogP contribution in [0.3, 0.4) is 0 Å². The molecule has 1 aliphatic rings. The molecule has 1 saturated heterocycles. The SMILES string of the molecule is OC1CCCN(C[B-](F)(F)F)C1.[K+]. The van der Waals surface area contributed by atoms with E-state index in [1.807, 2.05) is 0 Å². The second kappa shape index (κ2) is 6.09. The topological polar surface area (TPSA) is 23.5 Å². The van der Waals surface area contributed by atoms with Crippen LogP contribution in [0, 0.1) is 0 Å². The zero-order valence-corrected chi connectivity index (χ0v) is 10.8. The molecule has 72 valence electrons. The second-order valence-electron chi connectivity index (χ2n) is 3.27. The van der Waals surface area contributed by atoms with Gasteiger partial charge in [0.1, 0.15) is 0 Å². The van der Waals surface area contributed by atoms with E-state index in [-0.39, 0.29) is 57.9 Å². The van der Waals surface area contributed by atoms with Gasteiger partial charge in [-0.15, -0.1) is 0 Å². The smallest absolute Gasteiger partial charge is 0.448 e. The largest absolute Gasteiger partial charge is 1.00 e. The standard InChI is InChI=1S/C6H12BF3NO.K/c8-7(9,10)5-11-3-1-2-6(12)4-11;/h6,12H,1-5H2;/q-1;+1. The van der Waals surface area contributed by atoms with Crippen LogP contribution in [0.1, 0.15) is 12.8 Å². The van der Waals surface area contributed by atoms with Crippen molar-refractivity contribution < 1.29 is 69.4 Å². The molecule has 1 heterocycles. The molecule has 0 bridgehead atoms. The summed E-state index contributed by atoms with van der Waals surface area (Å²) in [5, 5.41) is 9.07. The zero-order valence-electron chi connectivity index (χ0n) is 7.72. The quantitative estimate of drug-likeness (QED) is 0.536. The average molecular weight is 221 g/mol. The Bertz CT molecular complexity index is 157. The molecule has 0 radical (unpaired) electrons. The van der Waals surface area contributed by atoms with E-state index in [2.05, 4.69) is 0 Å². The van der Waals surface area contributed by atoms with Gasteiger partial charge in [0.25, 0.3) is 0 Å². The molecule has 0 spiro atoms. The first-order chi connectivity index (χ1) is 5.47. The molecule has 1 unspecified atom stereocenters. The number of aliphatic hydroxyl groups is 1. The molecule has 0 amide bonds. The number of hydrogen-bond donors (Lipinski definition) is 1. The van der Waals surface area contributed by atoms with Crippen molar-refractivity contribution in [2.24, 2.45) is 0 Å². The fourth-order valence-electron chi connectivity index (χ4n) is 1.49. The van der Waals surface area contributed by atoms with Gasteiger partial charge in [-0.25, -0.2) is 0 Å². The summed E-state index contributed by atoms with van der Waals surface area (Å²) in [4.78, 5) is 1.27. The van der Waals surface area contributed by atoms with Crippen molar-refractivity contribution >= 4 is 6.98 Å². The molecule has 13 heavy (non-hydrogen) atoms. The van der Waals surface area contributed by atoms with Crippen LogP contribution >= 0.6 is 0 Å². The van der Waals surface area contributed by atoms with Crippen LogP contribution in [-0.4, -0.2) is 42.6 Å². The van der Waals surface area contributed by atoms with Crippen molar-refractivity contribution in [3.05, 3.63) is 0 Å². The Morgan fingerprint density at radius 1 is 1.38 bits per heavy atom. The van der Waals surface area contributed by atoms with Gasteiger partial charge in [0.05, 0.1) is 6.10 Å². The fraction of sp³-hybridized carbons (Fsp3) is 1.00. The molecule has 2 nitrogen and oxygen atoms in total. The summed E-state index contributed by atoms with van der Waals surface area (Å²) in [5.41, 5.74) is 0. The number of piperidine rings is 1. The van der Waals surface area contributed by atoms with E-state index < -0.39 is 19.5 Å². The molecular weight excluding hydrogens is 209 g/mol. The molecule has 1 aliphatic heterocycles. The van der Waals surface area contributed by atoms with Gasteiger partial charge in [-0.05, 0) is 25.8 Å². The first-order valence-corrected chi connectivity index (χ1v) is 4.09. The summed E-state index contributed by atoms with van der Waals surface area (Å²) in [5.74, 6) is 0. The predicted octanol–water partition coefficient (Wildman–Crippen LogP) is -2.17. The summed E-state index contributed by atoms with van der Waals surface area (Å²) in [6.45, 7) is -4.11.